The number of aliphatic hydroxyl groups is 1. The third kappa shape index (κ3) is 4.48. The Morgan fingerprint density at radius 3 is 2.76 bits per heavy atom. The molecule has 3 N–H and O–H groups in total. The smallest absolute Gasteiger partial charge is 0.0701 e. The Bertz CT molecular complexity index is 394. The van der Waals surface area contributed by atoms with Crippen LogP contribution in [0.25, 0.3) is 0 Å². The second-order valence-electron chi connectivity index (χ2n) is 5.60. The molecule has 1 aliphatic rings. The Morgan fingerprint density at radius 2 is 2.19 bits per heavy atom. The summed E-state index contributed by atoms with van der Waals surface area (Å²) < 4.78 is 5.63. The van der Waals surface area contributed by atoms with Crippen LogP contribution in [0.5, 0.6) is 0 Å². The third-order valence-electron chi connectivity index (χ3n) is 4.18. The van der Waals surface area contributed by atoms with Gasteiger partial charge in [0.2, 0.25) is 0 Å². The molecule has 0 aliphatic carbocycles. The third-order valence-corrected chi connectivity index (χ3v) is 4.18. The lowest BCUT2D eigenvalue weighted by Gasteiger charge is -2.39. The van der Waals surface area contributed by atoms with Crippen LogP contribution < -0.4 is 5.73 Å². The van der Waals surface area contributed by atoms with Gasteiger partial charge in [0, 0.05) is 25.3 Å². The van der Waals surface area contributed by atoms with Gasteiger partial charge < -0.3 is 15.6 Å². The minimum Gasteiger partial charge on any atom is -0.394 e. The number of nitrogens with two attached hydrogens (primary N) is 1. The molecule has 2 rings (SSSR count). The molecule has 1 saturated heterocycles. The number of nitrogens with zero attached hydrogens (tertiary/aromatic N) is 2. The molecule has 0 spiro atoms. The maximum absolute atomic E-state index is 8.83. The van der Waals surface area contributed by atoms with Gasteiger partial charge in [-0.15, -0.1) is 0 Å². The van der Waals surface area contributed by atoms with Crippen molar-refractivity contribution < 1.29 is 9.84 Å². The molecule has 118 valence electrons. The van der Waals surface area contributed by atoms with Crippen LogP contribution in [0.4, 0.5) is 0 Å². The quantitative estimate of drug-likeness (QED) is 0.793. The van der Waals surface area contributed by atoms with Crippen LogP contribution in [0, 0.1) is 0 Å². The van der Waals surface area contributed by atoms with E-state index in [4.69, 9.17) is 15.6 Å². The average molecular weight is 293 g/mol. The molecule has 1 aliphatic heterocycles. The highest BCUT2D eigenvalue weighted by atomic mass is 16.5. The Labute approximate surface area is 127 Å². The monoisotopic (exact) mass is 293 g/mol. The highest BCUT2D eigenvalue weighted by Gasteiger charge is 2.30. The molecular formula is C16H27N3O2. The Kier molecular flexibility index (Phi) is 6.57. The van der Waals surface area contributed by atoms with Crippen LogP contribution in [-0.2, 0) is 4.74 Å². The molecule has 0 aromatic carbocycles. The van der Waals surface area contributed by atoms with E-state index in [0.717, 1.165) is 38.0 Å². The van der Waals surface area contributed by atoms with Gasteiger partial charge in [-0.05, 0) is 31.4 Å². The van der Waals surface area contributed by atoms with E-state index in [1.54, 1.807) is 0 Å². The van der Waals surface area contributed by atoms with Gasteiger partial charge in [-0.3, -0.25) is 9.88 Å². The van der Waals surface area contributed by atoms with Crippen molar-refractivity contribution in [2.75, 3.05) is 26.3 Å². The summed E-state index contributed by atoms with van der Waals surface area (Å²) in [6.45, 7) is 4.58. The van der Waals surface area contributed by atoms with Gasteiger partial charge in [0.05, 0.1) is 31.1 Å². The van der Waals surface area contributed by atoms with Crippen molar-refractivity contribution in [3.8, 4) is 0 Å². The molecular weight excluding hydrogens is 266 g/mol. The first-order valence-corrected chi connectivity index (χ1v) is 7.89. The molecule has 0 saturated carbocycles. The topological polar surface area (TPSA) is 71.6 Å². The van der Waals surface area contributed by atoms with E-state index in [-0.39, 0.29) is 24.8 Å². The van der Waals surface area contributed by atoms with Crippen molar-refractivity contribution in [1.29, 1.82) is 0 Å². The molecule has 2 heterocycles. The maximum atomic E-state index is 8.83. The number of rotatable bonds is 7. The molecule has 2 atom stereocenters. The molecule has 0 bridgehead atoms. The predicted molar refractivity (Wildman–Crippen MR) is 82.9 cm³/mol. The van der Waals surface area contributed by atoms with Crippen LogP contribution >= 0.6 is 0 Å². The van der Waals surface area contributed by atoms with Gasteiger partial charge in [0.15, 0.2) is 0 Å². The van der Waals surface area contributed by atoms with Gasteiger partial charge in [-0.1, -0.05) is 13.0 Å². The number of ether oxygens (including phenoxy) is 1. The van der Waals surface area contributed by atoms with E-state index < -0.39 is 0 Å². The molecule has 1 fully saturated rings. The number of piperidine rings is 1. The van der Waals surface area contributed by atoms with E-state index in [9.17, 15) is 0 Å². The number of hydrogen-bond acceptors (Lipinski definition) is 5. The SMILES string of the molecule is CCC(N)C(c1ccccn1)N1CCC(OCCO)CC1. The van der Waals surface area contributed by atoms with Crippen LogP contribution in [-0.4, -0.2) is 53.4 Å². The van der Waals surface area contributed by atoms with Gasteiger partial charge in [-0.2, -0.15) is 0 Å². The molecule has 2 unspecified atom stereocenters. The maximum Gasteiger partial charge on any atom is 0.0701 e. The summed E-state index contributed by atoms with van der Waals surface area (Å²) in [5, 5.41) is 8.83. The number of hydrogen-bond donors (Lipinski definition) is 2. The zero-order valence-electron chi connectivity index (χ0n) is 12.8. The summed E-state index contributed by atoms with van der Waals surface area (Å²) in [4.78, 5) is 6.93. The second kappa shape index (κ2) is 8.44. The van der Waals surface area contributed by atoms with Gasteiger partial charge in [0.25, 0.3) is 0 Å². The van der Waals surface area contributed by atoms with Crippen molar-refractivity contribution in [3.63, 3.8) is 0 Å². The van der Waals surface area contributed by atoms with Gasteiger partial charge in [0.1, 0.15) is 0 Å². The fraction of sp³-hybridized carbons (Fsp3) is 0.688. The Hall–Kier alpha value is -1.01. The van der Waals surface area contributed by atoms with E-state index >= 15 is 0 Å². The minimum atomic E-state index is 0.0924. The van der Waals surface area contributed by atoms with Crippen LogP contribution in [0.1, 0.15) is 37.9 Å². The molecule has 0 radical (unpaired) electrons. The van der Waals surface area contributed by atoms with Crippen molar-refractivity contribution >= 4 is 0 Å². The summed E-state index contributed by atoms with van der Waals surface area (Å²) in [6.07, 6.45) is 5.00. The second-order valence-corrected chi connectivity index (χ2v) is 5.60. The summed E-state index contributed by atoms with van der Waals surface area (Å²) in [5.41, 5.74) is 7.41. The number of aromatic nitrogens is 1. The number of pyridine rings is 1. The first-order chi connectivity index (χ1) is 10.3. The number of likely N-dealkylation sites (tertiary alicyclic amines) is 1. The molecule has 1 aromatic heterocycles. The Balaban J connectivity index is 1.99. The van der Waals surface area contributed by atoms with Crippen LogP contribution in [0.2, 0.25) is 0 Å². The van der Waals surface area contributed by atoms with Crippen molar-refractivity contribution in [1.82, 2.24) is 9.88 Å². The summed E-state index contributed by atoms with van der Waals surface area (Å²) in [7, 11) is 0. The summed E-state index contributed by atoms with van der Waals surface area (Å²) in [6, 6.07) is 6.29. The zero-order valence-corrected chi connectivity index (χ0v) is 12.8. The summed E-state index contributed by atoms with van der Waals surface area (Å²) in [5.74, 6) is 0. The van der Waals surface area contributed by atoms with Gasteiger partial charge >= 0.3 is 0 Å². The van der Waals surface area contributed by atoms with Crippen molar-refractivity contribution in [2.45, 2.75) is 44.4 Å². The first kappa shape index (κ1) is 16.4. The van der Waals surface area contributed by atoms with E-state index in [1.165, 1.54) is 0 Å². The fourth-order valence-electron chi connectivity index (χ4n) is 2.99. The average Bonchev–Trinajstić information content (AvgIpc) is 2.55. The lowest BCUT2D eigenvalue weighted by atomic mass is 9.97. The first-order valence-electron chi connectivity index (χ1n) is 7.89. The Morgan fingerprint density at radius 1 is 1.43 bits per heavy atom. The molecule has 21 heavy (non-hydrogen) atoms. The lowest BCUT2D eigenvalue weighted by Crippen LogP contribution is -2.46. The van der Waals surface area contributed by atoms with Gasteiger partial charge in [-0.25, -0.2) is 0 Å². The molecule has 5 nitrogen and oxygen atoms in total. The van der Waals surface area contributed by atoms with Crippen molar-refractivity contribution in [3.05, 3.63) is 30.1 Å². The fourth-order valence-corrected chi connectivity index (χ4v) is 2.99. The highest BCUT2D eigenvalue weighted by Crippen LogP contribution is 2.27. The van der Waals surface area contributed by atoms with Crippen LogP contribution in [0.3, 0.4) is 0 Å². The number of aliphatic hydroxyl groups excluding tert-OH is 1. The molecule has 1 aromatic rings. The predicted octanol–water partition coefficient (Wildman–Crippen LogP) is 1.33. The van der Waals surface area contributed by atoms with Crippen LogP contribution in [0.15, 0.2) is 24.4 Å². The van der Waals surface area contributed by atoms with E-state index in [1.807, 2.05) is 18.3 Å². The lowest BCUT2D eigenvalue weighted by molar-refractivity contribution is -0.0182. The largest absolute Gasteiger partial charge is 0.394 e. The van der Waals surface area contributed by atoms with E-state index in [2.05, 4.69) is 22.9 Å². The standard InChI is InChI=1S/C16H27N3O2/c1-2-14(17)16(15-5-3-4-8-18-15)19-9-6-13(7-10-19)21-12-11-20/h3-5,8,13-14,16,20H,2,6-7,9-12,17H2,1H3. The van der Waals surface area contributed by atoms with Crippen molar-refractivity contribution in [2.24, 2.45) is 5.73 Å². The minimum absolute atomic E-state index is 0.0924. The molecule has 0 amide bonds. The normalized spacial score (nSPS) is 20.3. The highest BCUT2D eigenvalue weighted by molar-refractivity contribution is 5.12. The zero-order chi connectivity index (χ0) is 15.1. The molecule has 5 heteroatoms. The van der Waals surface area contributed by atoms with E-state index in [0.29, 0.717) is 6.61 Å². The summed E-state index contributed by atoms with van der Waals surface area (Å²) >= 11 is 0.